The highest BCUT2D eigenvalue weighted by Gasteiger charge is 2.02. The van der Waals surface area contributed by atoms with Gasteiger partial charge >= 0.3 is 0 Å². The average molecular weight is 232 g/mol. The first-order chi connectivity index (χ1) is 7.06. The molecule has 0 amide bonds. The highest BCUT2D eigenvalue weighted by Crippen LogP contribution is 2.17. The Morgan fingerprint density at radius 3 is 2.60 bits per heavy atom. The van der Waals surface area contributed by atoms with Crippen LogP contribution in [0.3, 0.4) is 0 Å². The van der Waals surface area contributed by atoms with Gasteiger partial charge in [0.05, 0.1) is 6.61 Å². The minimum absolute atomic E-state index is 0.150. The van der Waals surface area contributed by atoms with Crippen LogP contribution in [-0.4, -0.2) is 35.3 Å². The Kier molecular flexibility index (Phi) is 7.89. The molecule has 0 aliphatic heterocycles. The van der Waals surface area contributed by atoms with Crippen molar-refractivity contribution >= 4 is 17.1 Å². The lowest BCUT2D eigenvalue weighted by molar-refractivity contribution is -0.114. The zero-order chi connectivity index (χ0) is 11.7. The molecule has 1 atom stereocenters. The van der Waals surface area contributed by atoms with Crippen LogP contribution in [0.25, 0.3) is 0 Å². The van der Waals surface area contributed by atoms with Crippen LogP contribution in [0.2, 0.25) is 0 Å². The van der Waals surface area contributed by atoms with Crippen molar-refractivity contribution in [3.63, 3.8) is 0 Å². The van der Waals surface area contributed by atoms with Gasteiger partial charge in [0.25, 0.3) is 0 Å². The van der Waals surface area contributed by atoms with Crippen molar-refractivity contribution in [1.82, 2.24) is 0 Å². The fraction of sp³-hybridized carbons (Fsp3) is 0.500. The fourth-order valence-corrected chi connectivity index (χ4v) is 1.16. The third kappa shape index (κ3) is 9.40. The Balaban J connectivity index is 0.000000423. The predicted octanol–water partition coefficient (Wildman–Crippen LogP) is 1.08. The predicted molar refractivity (Wildman–Crippen MR) is 59.3 cm³/mol. The van der Waals surface area contributed by atoms with E-state index in [1.807, 2.05) is 17.5 Å². The maximum atomic E-state index is 9.44. The quantitative estimate of drug-likeness (QED) is 0.815. The first kappa shape index (κ1) is 14.1. The van der Waals surface area contributed by atoms with E-state index in [2.05, 4.69) is 0 Å². The summed E-state index contributed by atoms with van der Waals surface area (Å²) in [5.74, 6) is 0.167. The van der Waals surface area contributed by atoms with E-state index in [0.717, 1.165) is 5.06 Å². The van der Waals surface area contributed by atoms with Crippen LogP contribution in [0.5, 0.6) is 5.06 Å². The van der Waals surface area contributed by atoms with Crippen LogP contribution in [0.15, 0.2) is 17.5 Å². The summed E-state index contributed by atoms with van der Waals surface area (Å²) in [5, 5.41) is 20.0. The first-order valence-electron chi connectivity index (χ1n) is 4.48. The number of hydrogen-bond acceptors (Lipinski definition) is 5. The molecule has 0 saturated heterocycles. The number of hydrogen-bond donors (Lipinski definition) is 2. The van der Waals surface area contributed by atoms with E-state index < -0.39 is 6.10 Å². The van der Waals surface area contributed by atoms with Crippen molar-refractivity contribution in [3.8, 4) is 5.06 Å². The molecule has 1 aromatic rings. The second-order valence-corrected chi connectivity index (χ2v) is 3.90. The number of ether oxygens (including phenoxy) is 1. The van der Waals surface area contributed by atoms with Crippen LogP contribution in [0.4, 0.5) is 0 Å². The number of ketones is 1. The van der Waals surface area contributed by atoms with Gasteiger partial charge in [0.2, 0.25) is 0 Å². The first-order valence-corrected chi connectivity index (χ1v) is 5.36. The van der Waals surface area contributed by atoms with Crippen molar-refractivity contribution in [2.24, 2.45) is 0 Å². The average Bonchev–Trinajstić information content (AvgIpc) is 2.65. The minimum atomic E-state index is -0.780. The SMILES string of the molecule is CC(C)=O.OCC(O)COc1cccs1. The van der Waals surface area contributed by atoms with Gasteiger partial charge in [0.15, 0.2) is 5.06 Å². The summed E-state index contributed by atoms with van der Waals surface area (Å²) in [5.41, 5.74) is 0. The molecule has 0 radical (unpaired) electrons. The zero-order valence-electron chi connectivity index (χ0n) is 8.84. The number of Topliss-reactive ketones (excluding diaryl/α,β-unsaturated/α-hetero) is 1. The van der Waals surface area contributed by atoms with Crippen LogP contribution >= 0.6 is 11.3 Å². The molecule has 1 unspecified atom stereocenters. The number of rotatable bonds is 4. The number of carbonyl (C=O) groups is 1. The molecule has 0 fully saturated rings. The van der Waals surface area contributed by atoms with Gasteiger partial charge in [-0.05, 0) is 31.4 Å². The second kappa shape index (κ2) is 8.40. The smallest absolute Gasteiger partial charge is 0.173 e. The molecule has 0 aromatic carbocycles. The molecule has 0 spiro atoms. The third-order valence-corrected chi connectivity index (χ3v) is 1.90. The minimum Gasteiger partial charge on any atom is -0.481 e. The lowest BCUT2D eigenvalue weighted by Crippen LogP contribution is -2.20. The van der Waals surface area contributed by atoms with Gasteiger partial charge in [-0.2, -0.15) is 0 Å². The van der Waals surface area contributed by atoms with Gasteiger partial charge in [0, 0.05) is 0 Å². The van der Waals surface area contributed by atoms with Gasteiger partial charge in [-0.1, -0.05) is 0 Å². The Morgan fingerprint density at radius 2 is 2.20 bits per heavy atom. The molecule has 1 aromatic heterocycles. The number of aliphatic hydroxyl groups is 2. The second-order valence-electron chi connectivity index (χ2n) is 2.99. The molecular formula is C10H16O4S. The van der Waals surface area contributed by atoms with Gasteiger partial charge < -0.3 is 19.7 Å². The summed E-state index contributed by atoms with van der Waals surface area (Å²) >= 11 is 1.46. The van der Waals surface area contributed by atoms with E-state index in [1.54, 1.807) is 0 Å². The van der Waals surface area contributed by atoms with Gasteiger partial charge in [-0.15, -0.1) is 11.3 Å². The largest absolute Gasteiger partial charge is 0.481 e. The van der Waals surface area contributed by atoms with Gasteiger partial charge in [-0.3, -0.25) is 0 Å². The summed E-state index contributed by atoms with van der Waals surface area (Å²) in [6, 6.07) is 3.68. The van der Waals surface area contributed by atoms with E-state index in [9.17, 15) is 4.79 Å². The fourth-order valence-electron chi connectivity index (χ4n) is 0.577. The lowest BCUT2D eigenvalue weighted by atomic mass is 10.4. The molecule has 2 N–H and O–H groups in total. The molecule has 1 heterocycles. The maximum Gasteiger partial charge on any atom is 0.173 e. The highest BCUT2D eigenvalue weighted by atomic mass is 32.1. The molecule has 4 nitrogen and oxygen atoms in total. The van der Waals surface area contributed by atoms with Gasteiger partial charge in [0.1, 0.15) is 18.5 Å². The summed E-state index contributed by atoms with van der Waals surface area (Å²) < 4.78 is 5.11. The van der Waals surface area contributed by atoms with Crippen molar-refractivity contribution in [2.45, 2.75) is 20.0 Å². The monoisotopic (exact) mass is 232 g/mol. The van der Waals surface area contributed by atoms with Crippen molar-refractivity contribution in [3.05, 3.63) is 17.5 Å². The summed E-state index contributed by atoms with van der Waals surface area (Å²) in [6.45, 7) is 2.95. The number of carbonyl (C=O) groups excluding carboxylic acids is 1. The number of thiophene rings is 1. The molecular weight excluding hydrogens is 216 g/mol. The molecule has 86 valence electrons. The van der Waals surface area contributed by atoms with Crippen molar-refractivity contribution in [2.75, 3.05) is 13.2 Å². The molecule has 0 aliphatic rings. The van der Waals surface area contributed by atoms with E-state index in [-0.39, 0.29) is 19.0 Å². The lowest BCUT2D eigenvalue weighted by Gasteiger charge is -2.06. The standard InChI is InChI=1S/C7H10O3S.C3H6O/c8-4-6(9)5-10-7-2-1-3-11-7;1-3(2)4/h1-3,6,8-9H,4-5H2;1-2H3. The van der Waals surface area contributed by atoms with E-state index >= 15 is 0 Å². The summed E-state index contributed by atoms with van der Waals surface area (Å²) in [6.07, 6.45) is -0.780. The van der Waals surface area contributed by atoms with E-state index in [4.69, 9.17) is 14.9 Å². The highest BCUT2D eigenvalue weighted by molar-refractivity contribution is 7.11. The summed E-state index contributed by atoms with van der Waals surface area (Å²) in [4.78, 5) is 9.44. The van der Waals surface area contributed by atoms with E-state index in [1.165, 1.54) is 25.2 Å². The topological polar surface area (TPSA) is 66.8 Å². The Morgan fingerprint density at radius 1 is 1.60 bits per heavy atom. The van der Waals surface area contributed by atoms with Crippen molar-refractivity contribution in [1.29, 1.82) is 0 Å². The summed E-state index contributed by atoms with van der Waals surface area (Å²) in [7, 11) is 0. The molecule has 0 bridgehead atoms. The van der Waals surface area contributed by atoms with Crippen LogP contribution in [0.1, 0.15) is 13.8 Å². The molecule has 1 rings (SSSR count). The van der Waals surface area contributed by atoms with Crippen molar-refractivity contribution < 1.29 is 19.7 Å². The Labute approximate surface area is 93.1 Å². The molecule has 0 aliphatic carbocycles. The molecule has 15 heavy (non-hydrogen) atoms. The normalized spacial score (nSPS) is 11.2. The Hall–Kier alpha value is -0.910. The van der Waals surface area contributed by atoms with Crippen LogP contribution < -0.4 is 4.74 Å². The van der Waals surface area contributed by atoms with Gasteiger partial charge in [-0.25, -0.2) is 0 Å². The van der Waals surface area contributed by atoms with E-state index in [0.29, 0.717) is 0 Å². The third-order valence-electron chi connectivity index (χ3n) is 1.12. The molecule has 0 saturated carbocycles. The maximum absolute atomic E-state index is 9.44. The molecule has 5 heteroatoms. The van der Waals surface area contributed by atoms with Crippen LogP contribution in [0, 0.1) is 0 Å². The van der Waals surface area contributed by atoms with Crippen LogP contribution in [-0.2, 0) is 4.79 Å². The Bertz CT molecular complexity index is 254. The zero-order valence-corrected chi connectivity index (χ0v) is 9.66. The number of aliphatic hydroxyl groups excluding tert-OH is 2.